The van der Waals surface area contributed by atoms with E-state index in [1.807, 2.05) is 19.2 Å². The molecule has 0 saturated carbocycles. The predicted octanol–water partition coefficient (Wildman–Crippen LogP) is 2.83. The van der Waals surface area contributed by atoms with Crippen molar-refractivity contribution in [3.05, 3.63) is 39.1 Å². The van der Waals surface area contributed by atoms with Gasteiger partial charge in [-0.05, 0) is 39.0 Å². The first-order valence-electron chi connectivity index (χ1n) is 5.06. The highest BCUT2D eigenvalue weighted by Gasteiger charge is 2.05. The smallest absolute Gasteiger partial charge is 0.141 e. The summed E-state index contributed by atoms with van der Waals surface area (Å²) in [5.41, 5.74) is 4.91. The van der Waals surface area contributed by atoms with E-state index >= 15 is 0 Å². The fraction of sp³-hybridized carbons (Fsp3) is 0.182. The van der Waals surface area contributed by atoms with E-state index in [-0.39, 0.29) is 0 Å². The van der Waals surface area contributed by atoms with E-state index in [2.05, 4.69) is 42.7 Å². The SMILES string of the molecule is CN(Cc1csc(Br)c1)c1ccnc(NN)c1. The van der Waals surface area contributed by atoms with Crippen LogP contribution in [0.3, 0.4) is 0 Å². The lowest BCUT2D eigenvalue weighted by Crippen LogP contribution is -2.17. The van der Waals surface area contributed by atoms with Crippen molar-refractivity contribution in [1.29, 1.82) is 0 Å². The molecule has 2 heterocycles. The first-order chi connectivity index (χ1) is 8.19. The van der Waals surface area contributed by atoms with E-state index in [0.29, 0.717) is 5.82 Å². The Morgan fingerprint density at radius 2 is 2.35 bits per heavy atom. The third kappa shape index (κ3) is 3.18. The first kappa shape index (κ1) is 12.3. The molecule has 4 nitrogen and oxygen atoms in total. The molecule has 0 spiro atoms. The number of aromatic nitrogens is 1. The van der Waals surface area contributed by atoms with Gasteiger partial charge in [0.15, 0.2) is 0 Å². The standard InChI is InChI=1S/C11H13BrN4S/c1-16(6-8-4-10(12)17-7-8)9-2-3-14-11(5-9)15-13/h2-5,7H,6,13H2,1H3,(H,14,15). The summed E-state index contributed by atoms with van der Waals surface area (Å²) in [4.78, 5) is 6.23. The molecule has 0 atom stereocenters. The van der Waals surface area contributed by atoms with Gasteiger partial charge in [-0.1, -0.05) is 0 Å². The van der Waals surface area contributed by atoms with E-state index in [1.165, 1.54) is 5.56 Å². The number of nitrogens with two attached hydrogens (primary N) is 1. The molecule has 6 heteroatoms. The average Bonchev–Trinajstić information content (AvgIpc) is 2.75. The van der Waals surface area contributed by atoms with Gasteiger partial charge in [0.25, 0.3) is 0 Å². The fourth-order valence-electron chi connectivity index (χ4n) is 1.53. The summed E-state index contributed by atoms with van der Waals surface area (Å²) in [5, 5.41) is 2.14. The van der Waals surface area contributed by atoms with Crippen LogP contribution in [0.1, 0.15) is 5.56 Å². The average molecular weight is 313 g/mol. The van der Waals surface area contributed by atoms with Crippen LogP contribution in [0.4, 0.5) is 11.5 Å². The molecule has 0 aliphatic carbocycles. The molecule has 2 rings (SSSR count). The molecular weight excluding hydrogens is 300 g/mol. The van der Waals surface area contributed by atoms with Crippen molar-refractivity contribution in [2.24, 2.45) is 5.84 Å². The molecule has 0 aliphatic heterocycles. The molecule has 0 aromatic carbocycles. The summed E-state index contributed by atoms with van der Waals surface area (Å²) in [6, 6.07) is 6.01. The zero-order valence-corrected chi connectivity index (χ0v) is 11.8. The molecule has 17 heavy (non-hydrogen) atoms. The molecule has 0 fully saturated rings. The monoisotopic (exact) mass is 312 g/mol. The maximum atomic E-state index is 5.34. The summed E-state index contributed by atoms with van der Waals surface area (Å²) in [6.45, 7) is 0.857. The number of rotatable bonds is 4. The number of nitrogens with zero attached hydrogens (tertiary/aromatic N) is 2. The Morgan fingerprint density at radius 3 is 3.00 bits per heavy atom. The molecule has 2 aromatic rings. The van der Waals surface area contributed by atoms with Crippen molar-refractivity contribution >= 4 is 38.8 Å². The predicted molar refractivity (Wildman–Crippen MR) is 76.2 cm³/mol. The Labute approximate surface area is 113 Å². The van der Waals surface area contributed by atoms with E-state index in [0.717, 1.165) is 16.0 Å². The Kier molecular flexibility index (Phi) is 3.98. The van der Waals surface area contributed by atoms with Gasteiger partial charge < -0.3 is 10.3 Å². The van der Waals surface area contributed by atoms with Crippen LogP contribution in [-0.4, -0.2) is 12.0 Å². The van der Waals surface area contributed by atoms with Crippen molar-refractivity contribution in [2.75, 3.05) is 17.4 Å². The summed E-state index contributed by atoms with van der Waals surface area (Å²) >= 11 is 5.16. The highest BCUT2D eigenvalue weighted by molar-refractivity contribution is 9.11. The van der Waals surface area contributed by atoms with Crippen LogP contribution in [-0.2, 0) is 6.54 Å². The highest BCUT2D eigenvalue weighted by Crippen LogP contribution is 2.23. The van der Waals surface area contributed by atoms with Gasteiger partial charge >= 0.3 is 0 Å². The van der Waals surface area contributed by atoms with Crippen molar-refractivity contribution in [3.63, 3.8) is 0 Å². The summed E-state index contributed by atoms with van der Waals surface area (Å²) in [6.07, 6.45) is 1.74. The number of nitrogen functional groups attached to an aromatic ring is 1. The Balaban J connectivity index is 2.11. The number of nitrogens with one attached hydrogen (secondary N) is 1. The molecule has 0 amide bonds. The number of hydrazine groups is 1. The minimum atomic E-state index is 0.667. The summed E-state index contributed by atoms with van der Waals surface area (Å²) in [7, 11) is 2.04. The second kappa shape index (κ2) is 5.48. The zero-order chi connectivity index (χ0) is 12.3. The van der Waals surface area contributed by atoms with Crippen molar-refractivity contribution in [1.82, 2.24) is 4.98 Å². The van der Waals surface area contributed by atoms with Crippen LogP contribution in [0.15, 0.2) is 33.6 Å². The molecule has 0 aliphatic rings. The second-order valence-corrected chi connectivity index (χ2v) is 5.95. The van der Waals surface area contributed by atoms with Gasteiger partial charge in [0, 0.05) is 31.5 Å². The third-order valence-corrected chi connectivity index (χ3v) is 3.93. The van der Waals surface area contributed by atoms with Crippen LogP contribution < -0.4 is 16.2 Å². The van der Waals surface area contributed by atoms with E-state index < -0.39 is 0 Å². The fourth-order valence-corrected chi connectivity index (χ4v) is 2.73. The van der Waals surface area contributed by atoms with Crippen molar-refractivity contribution in [3.8, 4) is 0 Å². The Hall–Kier alpha value is -1.11. The molecule has 90 valence electrons. The number of hydrogen-bond donors (Lipinski definition) is 2. The number of thiophene rings is 1. The van der Waals surface area contributed by atoms with Gasteiger partial charge in [-0.15, -0.1) is 11.3 Å². The van der Waals surface area contributed by atoms with Gasteiger partial charge in [-0.2, -0.15) is 0 Å². The van der Waals surface area contributed by atoms with Gasteiger partial charge in [-0.3, -0.25) is 0 Å². The van der Waals surface area contributed by atoms with Crippen LogP contribution in [0.2, 0.25) is 0 Å². The third-order valence-electron chi connectivity index (χ3n) is 2.37. The first-order valence-corrected chi connectivity index (χ1v) is 6.73. The van der Waals surface area contributed by atoms with Crippen LogP contribution in [0, 0.1) is 0 Å². The minimum Gasteiger partial charge on any atom is -0.370 e. The Morgan fingerprint density at radius 1 is 1.53 bits per heavy atom. The maximum Gasteiger partial charge on any atom is 0.141 e. The molecular formula is C11H13BrN4S. The van der Waals surface area contributed by atoms with Gasteiger partial charge in [-0.25, -0.2) is 10.8 Å². The van der Waals surface area contributed by atoms with Crippen molar-refractivity contribution in [2.45, 2.75) is 6.54 Å². The number of hydrogen-bond acceptors (Lipinski definition) is 5. The molecule has 3 N–H and O–H groups in total. The topological polar surface area (TPSA) is 54.2 Å². The second-order valence-electron chi connectivity index (χ2n) is 3.66. The lowest BCUT2D eigenvalue weighted by molar-refractivity contribution is 0.925. The summed E-state index contributed by atoms with van der Waals surface area (Å²) < 4.78 is 1.15. The van der Waals surface area contributed by atoms with Crippen LogP contribution >= 0.6 is 27.3 Å². The molecule has 0 unspecified atom stereocenters. The number of anilines is 2. The van der Waals surface area contributed by atoms with Crippen molar-refractivity contribution < 1.29 is 0 Å². The lowest BCUT2D eigenvalue weighted by Gasteiger charge is -2.18. The van der Waals surface area contributed by atoms with Crippen LogP contribution in [0.5, 0.6) is 0 Å². The quantitative estimate of drug-likeness (QED) is 0.673. The number of halogens is 1. The van der Waals surface area contributed by atoms with E-state index in [9.17, 15) is 0 Å². The van der Waals surface area contributed by atoms with Gasteiger partial charge in [0.2, 0.25) is 0 Å². The Bertz CT molecular complexity index is 500. The number of pyridine rings is 1. The van der Waals surface area contributed by atoms with Gasteiger partial charge in [0.1, 0.15) is 5.82 Å². The van der Waals surface area contributed by atoms with Crippen LogP contribution in [0.25, 0.3) is 0 Å². The minimum absolute atomic E-state index is 0.667. The van der Waals surface area contributed by atoms with E-state index in [1.54, 1.807) is 17.5 Å². The molecule has 0 saturated heterocycles. The van der Waals surface area contributed by atoms with Gasteiger partial charge in [0.05, 0.1) is 3.79 Å². The molecule has 0 bridgehead atoms. The maximum absolute atomic E-state index is 5.34. The summed E-state index contributed by atoms with van der Waals surface area (Å²) in [5.74, 6) is 6.01. The van der Waals surface area contributed by atoms with E-state index in [4.69, 9.17) is 5.84 Å². The molecule has 2 aromatic heterocycles. The molecule has 0 radical (unpaired) electrons. The zero-order valence-electron chi connectivity index (χ0n) is 9.35. The highest BCUT2D eigenvalue weighted by atomic mass is 79.9. The lowest BCUT2D eigenvalue weighted by atomic mass is 10.3. The largest absolute Gasteiger partial charge is 0.370 e. The normalized spacial score (nSPS) is 10.3.